The highest BCUT2D eigenvalue weighted by atomic mass is 16.5. The van der Waals surface area contributed by atoms with Gasteiger partial charge in [0.15, 0.2) is 0 Å². The maximum absolute atomic E-state index is 5.65. The van der Waals surface area contributed by atoms with Gasteiger partial charge in [0.2, 0.25) is 0 Å². The molecule has 1 aromatic carbocycles. The molecule has 2 heteroatoms. The molecule has 2 nitrogen and oxygen atoms in total. The Morgan fingerprint density at radius 1 is 1.25 bits per heavy atom. The van der Waals surface area contributed by atoms with Crippen molar-refractivity contribution in [3.63, 3.8) is 0 Å². The van der Waals surface area contributed by atoms with E-state index in [-0.39, 0.29) is 6.10 Å². The Labute approximate surface area is 98.0 Å². The SMILES string of the molecule is CC(C)Oc1ccc([C@@]2(C)CCNC2)cc1. The van der Waals surface area contributed by atoms with E-state index in [1.54, 1.807) is 0 Å². The molecule has 1 fully saturated rings. The molecule has 1 saturated heterocycles. The van der Waals surface area contributed by atoms with Crippen molar-refractivity contribution in [2.75, 3.05) is 13.1 Å². The van der Waals surface area contributed by atoms with Crippen molar-refractivity contribution < 1.29 is 4.74 Å². The van der Waals surface area contributed by atoms with Gasteiger partial charge in [-0.05, 0) is 44.5 Å². The summed E-state index contributed by atoms with van der Waals surface area (Å²) in [5, 5.41) is 3.43. The molecule has 0 radical (unpaired) electrons. The van der Waals surface area contributed by atoms with Gasteiger partial charge < -0.3 is 10.1 Å². The first-order chi connectivity index (χ1) is 7.60. The third-order valence-electron chi connectivity index (χ3n) is 3.29. The van der Waals surface area contributed by atoms with Gasteiger partial charge in [-0.25, -0.2) is 0 Å². The highest BCUT2D eigenvalue weighted by Crippen LogP contribution is 2.31. The molecule has 0 aliphatic carbocycles. The molecule has 1 heterocycles. The zero-order chi connectivity index (χ0) is 11.6. The Kier molecular flexibility index (Phi) is 3.20. The summed E-state index contributed by atoms with van der Waals surface area (Å²) in [6.45, 7) is 8.63. The average molecular weight is 219 g/mol. The fourth-order valence-electron chi connectivity index (χ4n) is 2.27. The van der Waals surface area contributed by atoms with Crippen molar-refractivity contribution >= 4 is 0 Å². The van der Waals surface area contributed by atoms with E-state index < -0.39 is 0 Å². The Bertz CT molecular complexity index is 336. The maximum Gasteiger partial charge on any atom is 0.119 e. The summed E-state index contributed by atoms with van der Waals surface area (Å²) in [6.07, 6.45) is 1.46. The molecule has 1 atom stereocenters. The van der Waals surface area contributed by atoms with Crippen LogP contribution in [0.25, 0.3) is 0 Å². The van der Waals surface area contributed by atoms with Crippen molar-refractivity contribution in [1.29, 1.82) is 0 Å². The number of rotatable bonds is 3. The topological polar surface area (TPSA) is 21.3 Å². The van der Waals surface area contributed by atoms with Gasteiger partial charge in [-0.1, -0.05) is 19.1 Å². The van der Waals surface area contributed by atoms with Gasteiger partial charge in [-0.15, -0.1) is 0 Å². The lowest BCUT2D eigenvalue weighted by Crippen LogP contribution is -2.24. The van der Waals surface area contributed by atoms with Gasteiger partial charge in [0.05, 0.1) is 6.10 Å². The van der Waals surface area contributed by atoms with E-state index in [2.05, 4.69) is 50.4 Å². The molecule has 16 heavy (non-hydrogen) atoms. The zero-order valence-electron chi connectivity index (χ0n) is 10.4. The van der Waals surface area contributed by atoms with Crippen molar-refractivity contribution in [1.82, 2.24) is 5.32 Å². The van der Waals surface area contributed by atoms with Gasteiger partial charge in [-0.3, -0.25) is 0 Å². The fourth-order valence-corrected chi connectivity index (χ4v) is 2.27. The predicted molar refractivity (Wildman–Crippen MR) is 67.0 cm³/mol. The number of hydrogen-bond acceptors (Lipinski definition) is 2. The largest absolute Gasteiger partial charge is 0.491 e. The summed E-state index contributed by atoms with van der Waals surface area (Å²) in [6, 6.07) is 8.56. The Morgan fingerprint density at radius 3 is 2.44 bits per heavy atom. The third-order valence-corrected chi connectivity index (χ3v) is 3.29. The van der Waals surface area contributed by atoms with E-state index in [4.69, 9.17) is 4.74 Å². The summed E-state index contributed by atoms with van der Waals surface area (Å²) in [7, 11) is 0. The molecule has 0 amide bonds. The quantitative estimate of drug-likeness (QED) is 0.844. The lowest BCUT2D eigenvalue weighted by molar-refractivity contribution is 0.242. The maximum atomic E-state index is 5.65. The minimum atomic E-state index is 0.245. The zero-order valence-corrected chi connectivity index (χ0v) is 10.4. The molecule has 1 N–H and O–H groups in total. The Morgan fingerprint density at radius 2 is 1.94 bits per heavy atom. The molecule has 0 aromatic heterocycles. The minimum absolute atomic E-state index is 0.245. The van der Waals surface area contributed by atoms with E-state index in [0.29, 0.717) is 5.41 Å². The Hall–Kier alpha value is -1.02. The van der Waals surface area contributed by atoms with Crippen LogP contribution in [-0.4, -0.2) is 19.2 Å². The number of benzene rings is 1. The smallest absolute Gasteiger partial charge is 0.119 e. The average Bonchev–Trinajstić information content (AvgIpc) is 2.66. The lowest BCUT2D eigenvalue weighted by atomic mass is 9.82. The first-order valence-electron chi connectivity index (χ1n) is 6.08. The molecule has 1 aliphatic heterocycles. The molecule has 0 saturated carbocycles. The highest BCUT2D eigenvalue weighted by Gasteiger charge is 2.30. The van der Waals surface area contributed by atoms with Crippen LogP contribution in [0.1, 0.15) is 32.8 Å². The molecule has 0 bridgehead atoms. The predicted octanol–water partition coefficient (Wildman–Crippen LogP) is 2.72. The first kappa shape index (κ1) is 11.5. The van der Waals surface area contributed by atoms with Crippen molar-refractivity contribution in [3.05, 3.63) is 29.8 Å². The first-order valence-corrected chi connectivity index (χ1v) is 6.08. The Balaban J connectivity index is 2.12. The summed E-state index contributed by atoms with van der Waals surface area (Å²) >= 11 is 0. The van der Waals surface area contributed by atoms with Crippen molar-refractivity contribution in [2.45, 2.75) is 38.7 Å². The number of hydrogen-bond donors (Lipinski definition) is 1. The number of ether oxygens (including phenoxy) is 1. The van der Waals surface area contributed by atoms with Gasteiger partial charge in [-0.2, -0.15) is 0 Å². The normalized spacial score (nSPS) is 25.0. The highest BCUT2D eigenvalue weighted by molar-refractivity contribution is 5.33. The molecule has 88 valence electrons. The van der Waals surface area contributed by atoms with Gasteiger partial charge in [0.1, 0.15) is 5.75 Å². The van der Waals surface area contributed by atoms with E-state index in [1.807, 2.05) is 0 Å². The monoisotopic (exact) mass is 219 g/mol. The second kappa shape index (κ2) is 4.46. The standard InChI is InChI=1S/C14H21NO/c1-11(2)16-13-6-4-12(5-7-13)14(3)8-9-15-10-14/h4-7,11,15H,8-10H2,1-3H3/t14-/m0/s1. The van der Waals surface area contributed by atoms with Crippen LogP contribution in [0, 0.1) is 0 Å². The van der Waals surface area contributed by atoms with Crippen LogP contribution in [0.5, 0.6) is 5.75 Å². The molecule has 0 unspecified atom stereocenters. The second-order valence-electron chi connectivity index (χ2n) is 5.18. The third kappa shape index (κ3) is 2.38. The van der Waals surface area contributed by atoms with Crippen LogP contribution in [0.3, 0.4) is 0 Å². The van der Waals surface area contributed by atoms with E-state index in [0.717, 1.165) is 18.8 Å². The molecular formula is C14H21NO. The van der Waals surface area contributed by atoms with E-state index in [1.165, 1.54) is 12.0 Å². The lowest BCUT2D eigenvalue weighted by Gasteiger charge is -2.23. The number of nitrogens with one attached hydrogen (secondary N) is 1. The van der Waals surface area contributed by atoms with E-state index >= 15 is 0 Å². The molecule has 1 aromatic rings. The summed E-state index contributed by atoms with van der Waals surface area (Å²) in [5.74, 6) is 0.966. The summed E-state index contributed by atoms with van der Waals surface area (Å²) in [4.78, 5) is 0. The van der Waals surface area contributed by atoms with Crippen LogP contribution in [-0.2, 0) is 5.41 Å². The second-order valence-corrected chi connectivity index (χ2v) is 5.18. The van der Waals surface area contributed by atoms with Gasteiger partial charge in [0, 0.05) is 12.0 Å². The van der Waals surface area contributed by atoms with Crippen LogP contribution >= 0.6 is 0 Å². The van der Waals surface area contributed by atoms with Gasteiger partial charge >= 0.3 is 0 Å². The molecule has 0 spiro atoms. The van der Waals surface area contributed by atoms with Crippen molar-refractivity contribution in [2.24, 2.45) is 0 Å². The molecular weight excluding hydrogens is 198 g/mol. The molecule has 1 aliphatic rings. The van der Waals surface area contributed by atoms with Gasteiger partial charge in [0.25, 0.3) is 0 Å². The summed E-state index contributed by atoms with van der Waals surface area (Å²) in [5.41, 5.74) is 1.71. The summed E-state index contributed by atoms with van der Waals surface area (Å²) < 4.78 is 5.65. The van der Waals surface area contributed by atoms with Crippen LogP contribution < -0.4 is 10.1 Å². The minimum Gasteiger partial charge on any atom is -0.491 e. The van der Waals surface area contributed by atoms with Crippen LogP contribution in [0.15, 0.2) is 24.3 Å². The van der Waals surface area contributed by atoms with Crippen LogP contribution in [0.4, 0.5) is 0 Å². The molecule has 2 rings (SSSR count). The fraction of sp³-hybridized carbons (Fsp3) is 0.571. The van der Waals surface area contributed by atoms with E-state index in [9.17, 15) is 0 Å². The van der Waals surface area contributed by atoms with Crippen molar-refractivity contribution in [3.8, 4) is 5.75 Å². The van der Waals surface area contributed by atoms with Crippen LogP contribution in [0.2, 0.25) is 0 Å².